The molecular weight excluding hydrogens is 254 g/mol. The van der Waals surface area contributed by atoms with Crippen LogP contribution in [0, 0.1) is 18.3 Å². The summed E-state index contributed by atoms with van der Waals surface area (Å²) in [5.41, 5.74) is 0.898. The summed E-state index contributed by atoms with van der Waals surface area (Å²) < 4.78 is 5.11. The first-order chi connectivity index (χ1) is 9.71. The zero-order valence-corrected chi connectivity index (χ0v) is 11.3. The Bertz CT molecular complexity index is 618. The van der Waals surface area contributed by atoms with Crippen LogP contribution in [0.4, 0.5) is 17.3 Å². The Morgan fingerprint density at radius 1 is 1.20 bits per heavy atom. The van der Waals surface area contributed by atoms with Gasteiger partial charge in [-0.1, -0.05) is 0 Å². The van der Waals surface area contributed by atoms with Crippen molar-refractivity contribution in [1.29, 1.82) is 5.26 Å². The molecule has 0 saturated heterocycles. The van der Waals surface area contributed by atoms with Crippen LogP contribution >= 0.6 is 0 Å². The average Bonchev–Trinajstić information content (AvgIpc) is 2.45. The Kier molecular flexibility index (Phi) is 4.35. The number of methoxy groups -OCH3 is 1. The molecule has 0 fully saturated rings. The lowest BCUT2D eigenvalue weighted by Crippen LogP contribution is -2.04. The van der Waals surface area contributed by atoms with Gasteiger partial charge in [0.1, 0.15) is 29.8 Å². The summed E-state index contributed by atoms with van der Waals surface area (Å²) in [4.78, 5) is 8.51. The highest BCUT2D eigenvalue weighted by Gasteiger charge is 2.02. The van der Waals surface area contributed by atoms with Crippen LogP contribution in [0.3, 0.4) is 0 Å². The molecule has 1 aromatic carbocycles. The van der Waals surface area contributed by atoms with E-state index >= 15 is 0 Å². The lowest BCUT2D eigenvalue weighted by molar-refractivity contribution is 0.415. The van der Waals surface area contributed by atoms with Crippen molar-refractivity contribution >= 4 is 17.3 Å². The summed E-state index contributed by atoms with van der Waals surface area (Å²) in [7, 11) is 1.63. The van der Waals surface area contributed by atoms with Crippen LogP contribution in [0.15, 0.2) is 30.3 Å². The lowest BCUT2D eigenvalue weighted by atomic mass is 10.3. The van der Waals surface area contributed by atoms with E-state index in [-0.39, 0.29) is 6.54 Å². The van der Waals surface area contributed by atoms with Crippen LogP contribution in [-0.4, -0.2) is 23.6 Å². The second kappa shape index (κ2) is 6.38. The lowest BCUT2D eigenvalue weighted by Gasteiger charge is -2.09. The molecule has 0 aliphatic carbocycles. The number of hydrogen-bond acceptors (Lipinski definition) is 6. The Labute approximate surface area is 117 Å². The molecular formula is C14H15N5O. The smallest absolute Gasteiger partial charge is 0.136 e. The normalized spacial score (nSPS) is 9.65. The molecule has 1 heterocycles. The van der Waals surface area contributed by atoms with Crippen LogP contribution in [0.2, 0.25) is 0 Å². The van der Waals surface area contributed by atoms with Crippen molar-refractivity contribution in [2.24, 2.45) is 0 Å². The van der Waals surface area contributed by atoms with E-state index in [1.807, 2.05) is 30.3 Å². The Balaban J connectivity index is 2.15. The molecule has 0 amide bonds. The third kappa shape index (κ3) is 3.59. The average molecular weight is 269 g/mol. The number of anilines is 3. The van der Waals surface area contributed by atoms with Gasteiger partial charge in [0.15, 0.2) is 0 Å². The van der Waals surface area contributed by atoms with E-state index in [2.05, 4.69) is 20.6 Å². The Morgan fingerprint density at radius 2 is 1.90 bits per heavy atom. The van der Waals surface area contributed by atoms with Gasteiger partial charge in [0.2, 0.25) is 0 Å². The quantitative estimate of drug-likeness (QED) is 0.811. The van der Waals surface area contributed by atoms with Gasteiger partial charge in [-0.25, -0.2) is 9.97 Å². The SMILES string of the molecule is COc1ccc(Nc2cc(NCC#N)nc(C)n2)cc1. The van der Waals surface area contributed by atoms with Crippen LogP contribution in [-0.2, 0) is 0 Å². The zero-order valence-electron chi connectivity index (χ0n) is 11.3. The summed E-state index contributed by atoms with van der Waals surface area (Å²) in [5, 5.41) is 14.7. The van der Waals surface area contributed by atoms with Gasteiger partial charge in [-0.05, 0) is 31.2 Å². The van der Waals surface area contributed by atoms with E-state index in [1.165, 1.54) is 0 Å². The Hall–Kier alpha value is -2.81. The summed E-state index contributed by atoms with van der Waals surface area (Å²) in [6.45, 7) is 2.01. The third-order valence-corrected chi connectivity index (χ3v) is 2.55. The van der Waals surface area contributed by atoms with Crippen molar-refractivity contribution in [3.05, 3.63) is 36.2 Å². The highest BCUT2D eigenvalue weighted by molar-refractivity contribution is 5.60. The van der Waals surface area contributed by atoms with Gasteiger partial charge in [0, 0.05) is 11.8 Å². The van der Waals surface area contributed by atoms with E-state index in [1.54, 1.807) is 20.1 Å². The van der Waals surface area contributed by atoms with Gasteiger partial charge in [-0.2, -0.15) is 5.26 Å². The Morgan fingerprint density at radius 3 is 2.55 bits per heavy atom. The maximum Gasteiger partial charge on any atom is 0.136 e. The minimum atomic E-state index is 0.207. The molecule has 0 aliphatic heterocycles. The van der Waals surface area contributed by atoms with Gasteiger partial charge in [0.25, 0.3) is 0 Å². The van der Waals surface area contributed by atoms with E-state index < -0.39 is 0 Å². The van der Waals surface area contributed by atoms with Crippen molar-refractivity contribution in [3.8, 4) is 11.8 Å². The molecule has 2 N–H and O–H groups in total. The number of nitrogens with one attached hydrogen (secondary N) is 2. The molecule has 6 heteroatoms. The fourth-order valence-corrected chi connectivity index (χ4v) is 1.67. The second-order valence-corrected chi connectivity index (χ2v) is 4.05. The molecule has 0 radical (unpaired) electrons. The minimum absolute atomic E-state index is 0.207. The molecule has 0 spiro atoms. The fraction of sp³-hybridized carbons (Fsp3) is 0.214. The number of aromatic nitrogens is 2. The van der Waals surface area contributed by atoms with Gasteiger partial charge in [0.05, 0.1) is 13.2 Å². The van der Waals surface area contributed by atoms with Crippen LogP contribution < -0.4 is 15.4 Å². The predicted octanol–water partition coefficient (Wildman–Crippen LogP) is 2.47. The fourth-order valence-electron chi connectivity index (χ4n) is 1.67. The van der Waals surface area contributed by atoms with Crippen molar-refractivity contribution in [2.45, 2.75) is 6.92 Å². The van der Waals surface area contributed by atoms with Crippen molar-refractivity contribution in [1.82, 2.24) is 9.97 Å². The van der Waals surface area contributed by atoms with Gasteiger partial charge in [-0.15, -0.1) is 0 Å². The number of aryl methyl sites for hydroxylation is 1. The predicted molar refractivity (Wildman–Crippen MR) is 77.1 cm³/mol. The third-order valence-electron chi connectivity index (χ3n) is 2.55. The number of nitrogens with zero attached hydrogens (tertiary/aromatic N) is 3. The second-order valence-electron chi connectivity index (χ2n) is 4.05. The van der Waals surface area contributed by atoms with Crippen molar-refractivity contribution < 1.29 is 4.74 Å². The number of hydrogen-bond donors (Lipinski definition) is 2. The topological polar surface area (TPSA) is 82.9 Å². The molecule has 0 atom stereocenters. The van der Waals surface area contributed by atoms with E-state index in [9.17, 15) is 0 Å². The number of ether oxygens (including phenoxy) is 1. The maximum absolute atomic E-state index is 8.57. The first-order valence-corrected chi connectivity index (χ1v) is 6.09. The zero-order chi connectivity index (χ0) is 14.4. The molecule has 0 unspecified atom stereocenters. The van der Waals surface area contributed by atoms with Crippen molar-refractivity contribution in [3.63, 3.8) is 0 Å². The number of nitriles is 1. The monoisotopic (exact) mass is 269 g/mol. The van der Waals surface area contributed by atoms with Gasteiger partial charge >= 0.3 is 0 Å². The minimum Gasteiger partial charge on any atom is -0.497 e. The molecule has 1 aromatic heterocycles. The first kappa shape index (κ1) is 13.6. The van der Waals surface area contributed by atoms with E-state index in [0.717, 1.165) is 11.4 Å². The molecule has 2 aromatic rings. The van der Waals surface area contributed by atoms with Crippen molar-refractivity contribution in [2.75, 3.05) is 24.3 Å². The van der Waals surface area contributed by atoms with Crippen LogP contribution in [0.1, 0.15) is 5.82 Å². The van der Waals surface area contributed by atoms with E-state index in [4.69, 9.17) is 10.00 Å². The van der Waals surface area contributed by atoms with Gasteiger partial charge < -0.3 is 15.4 Å². The molecule has 0 bridgehead atoms. The molecule has 102 valence electrons. The van der Waals surface area contributed by atoms with Crippen LogP contribution in [0.5, 0.6) is 5.75 Å². The van der Waals surface area contributed by atoms with E-state index in [0.29, 0.717) is 17.5 Å². The molecule has 2 rings (SSSR count). The van der Waals surface area contributed by atoms with Gasteiger partial charge in [-0.3, -0.25) is 0 Å². The standard InChI is InChI=1S/C14H15N5O/c1-10-17-13(16-8-7-15)9-14(18-10)19-11-3-5-12(20-2)6-4-11/h3-6,9H,8H2,1-2H3,(H2,16,17,18,19). The molecule has 6 nitrogen and oxygen atoms in total. The summed E-state index contributed by atoms with van der Waals surface area (Å²) in [6.07, 6.45) is 0. The summed E-state index contributed by atoms with van der Waals surface area (Å²) in [6, 6.07) is 11.3. The number of benzene rings is 1. The molecule has 20 heavy (non-hydrogen) atoms. The highest BCUT2D eigenvalue weighted by Crippen LogP contribution is 2.20. The summed E-state index contributed by atoms with van der Waals surface area (Å²) in [5.74, 6) is 2.72. The number of rotatable bonds is 5. The molecule has 0 saturated carbocycles. The maximum atomic E-state index is 8.57. The first-order valence-electron chi connectivity index (χ1n) is 6.09. The largest absolute Gasteiger partial charge is 0.497 e. The summed E-state index contributed by atoms with van der Waals surface area (Å²) >= 11 is 0. The molecule has 0 aliphatic rings. The van der Waals surface area contributed by atoms with Crippen LogP contribution in [0.25, 0.3) is 0 Å². The highest BCUT2D eigenvalue weighted by atomic mass is 16.5.